The minimum Gasteiger partial charge on any atom is -0.395 e. The van der Waals surface area contributed by atoms with Crippen molar-refractivity contribution >= 4 is 11.6 Å². The monoisotopic (exact) mass is 178 g/mol. The number of hydrogen-bond donors (Lipinski definition) is 2. The third kappa shape index (κ3) is 3.38. The fourth-order valence-electron chi connectivity index (χ4n) is 1.21. The highest BCUT2D eigenvalue weighted by molar-refractivity contribution is 6.20. The summed E-state index contributed by atoms with van der Waals surface area (Å²) in [6.45, 7) is 2.83. The van der Waals surface area contributed by atoms with E-state index in [0.29, 0.717) is 11.9 Å². The Balaban J connectivity index is 2.07. The van der Waals surface area contributed by atoms with Crippen molar-refractivity contribution in [3.05, 3.63) is 0 Å². The summed E-state index contributed by atoms with van der Waals surface area (Å²) in [5, 5.41) is 11.0. The highest BCUT2D eigenvalue weighted by Crippen LogP contribution is 2.13. The molecule has 0 atom stereocenters. The van der Waals surface area contributed by atoms with Crippen molar-refractivity contribution in [2.45, 2.75) is 18.2 Å². The van der Waals surface area contributed by atoms with Crippen LogP contribution in [0.1, 0.15) is 12.8 Å². The smallest absolute Gasteiger partial charge is 0.0570 e. The molecule has 4 heteroatoms. The van der Waals surface area contributed by atoms with Gasteiger partial charge in [-0.15, -0.1) is 11.6 Å². The van der Waals surface area contributed by atoms with Crippen molar-refractivity contribution in [1.29, 1.82) is 0 Å². The Hall–Kier alpha value is 0.170. The predicted octanol–water partition coefficient (Wildman–Crippen LogP) is 0.186. The second-order valence-corrected chi connectivity index (χ2v) is 3.41. The van der Waals surface area contributed by atoms with Gasteiger partial charge in [0.2, 0.25) is 0 Å². The maximum absolute atomic E-state index is 8.53. The summed E-state index contributed by atoms with van der Waals surface area (Å²) in [5.41, 5.74) is 3.12. The quantitative estimate of drug-likeness (QED) is 0.606. The molecule has 0 aromatic heterocycles. The topological polar surface area (TPSA) is 35.5 Å². The first-order chi connectivity index (χ1) is 5.33. The Morgan fingerprint density at radius 1 is 1.45 bits per heavy atom. The molecular formula is C7H15ClN2O. The number of alkyl halides is 1. The zero-order valence-corrected chi connectivity index (χ0v) is 7.35. The Kier molecular flexibility index (Phi) is 4.15. The van der Waals surface area contributed by atoms with E-state index in [0.717, 1.165) is 25.9 Å². The maximum atomic E-state index is 8.53. The number of nitrogens with one attached hydrogen (secondary N) is 1. The largest absolute Gasteiger partial charge is 0.395 e. The number of halogens is 1. The SMILES string of the molecule is OCCNN1CCC(Cl)CC1. The van der Waals surface area contributed by atoms with Gasteiger partial charge >= 0.3 is 0 Å². The molecule has 3 nitrogen and oxygen atoms in total. The van der Waals surface area contributed by atoms with Crippen LogP contribution in [0.2, 0.25) is 0 Å². The fourth-order valence-corrected chi connectivity index (χ4v) is 1.41. The molecule has 11 heavy (non-hydrogen) atoms. The van der Waals surface area contributed by atoms with E-state index in [9.17, 15) is 0 Å². The van der Waals surface area contributed by atoms with Crippen molar-refractivity contribution in [3.8, 4) is 0 Å². The second kappa shape index (κ2) is 4.93. The summed E-state index contributed by atoms with van der Waals surface area (Å²) in [7, 11) is 0. The molecule has 0 bridgehead atoms. The van der Waals surface area contributed by atoms with Gasteiger partial charge in [0.25, 0.3) is 0 Å². The fraction of sp³-hybridized carbons (Fsp3) is 1.00. The van der Waals surface area contributed by atoms with Gasteiger partial charge in [0.05, 0.1) is 6.61 Å². The van der Waals surface area contributed by atoms with Gasteiger partial charge in [0.1, 0.15) is 0 Å². The molecule has 2 N–H and O–H groups in total. The summed E-state index contributed by atoms with van der Waals surface area (Å²) >= 11 is 5.91. The van der Waals surface area contributed by atoms with Crippen LogP contribution in [0, 0.1) is 0 Å². The standard InChI is InChI=1S/C7H15ClN2O/c8-7-1-4-10(5-2-7)9-3-6-11/h7,9,11H,1-6H2. The molecule has 0 aromatic rings. The van der Waals surface area contributed by atoms with E-state index in [-0.39, 0.29) is 6.61 Å². The number of piperidine rings is 1. The minimum atomic E-state index is 0.195. The van der Waals surface area contributed by atoms with Crippen LogP contribution in [0.5, 0.6) is 0 Å². The van der Waals surface area contributed by atoms with Gasteiger partial charge in [-0.25, -0.2) is 5.01 Å². The predicted molar refractivity (Wildman–Crippen MR) is 45.5 cm³/mol. The molecule has 66 valence electrons. The average molecular weight is 179 g/mol. The minimum absolute atomic E-state index is 0.195. The van der Waals surface area contributed by atoms with Crippen LogP contribution in [0.25, 0.3) is 0 Å². The number of aliphatic hydroxyl groups is 1. The van der Waals surface area contributed by atoms with Crippen molar-refractivity contribution in [1.82, 2.24) is 10.4 Å². The normalized spacial score (nSPS) is 22.4. The van der Waals surface area contributed by atoms with Gasteiger partial charge in [0.15, 0.2) is 0 Å². The van der Waals surface area contributed by atoms with Crippen LogP contribution in [0.3, 0.4) is 0 Å². The van der Waals surface area contributed by atoms with Gasteiger partial charge in [0, 0.05) is 25.0 Å². The van der Waals surface area contributed by atoms with E-state index >= 15 is 0 Å². The number of rotatable bonds is 3. The molecule has 0 spiro atoms. The van der Waals surface area contributed by atoms with Gasteiger partial charge in [-0.2, -0.15) is 0 Å². The molecule has 0 amide bonds. The van der Waals surface area contributed by atoms with Crippen molar-refractivity contribution in [2.75, 3.05) is 26.2 Å². The molecule has 0 unspecified atom stereocenters. The maximum Gasteiger partial charge on any atom is 0.0570 e. The molecule has 1 fully saturated rings. The van der Waals surface area contributed by atoms with Gasteiger partial charge in [-0.3, -0.25) is 5.43 Å². The highest BCUT2D eigenvalue weighted by atomic mass is 35.5. The van der Waals surface area contributed by atoms with Crippen LogP contribution in [0.4, 0.5) is 0 Å². The summed E-state index contributed by atoms with van der Waals surface area (Å²) in [6, 6.07) is 0. The number of nitrogens with zero attached hydrogens (tertiary/aromatic N) is 1. The lowest BCUT2D eigenvalue weighted by molar-refractivity contribution is 0.139. The lowest BCUT2D eigenvalue weighted by Gasteiger charge is -2.29. The molecule has 0 aromatic carbocycles. The Labute approximate surface area is 72.3 Å². The van der Waals surface area contributed by atoms with E-state index in [1.54, 1.807) is 0 Å². The van der Waals surface area contributed by atoms with Crippen LogP contribution >= 0.6 is 11.6 Å². The first-order valence-corrected chi connectivity index (χ1v) is 4.50. The first-order valence-electron chi connectivity index (χ1n) is 4.06. The van der Waals surface area contributed by atoms with Crippen LogP contribution < -0.4 is 5.43 Å². The Morgan fingerprint density at radius 2 is 2.09 bits per heavy atom. The summed E-state index contributed by atoms with van der Waals surface area (Å²) < 4.78 is 0. The molecule has 1 heterocycles. The molecule has 1 aliphatic heterocycles. The number of hydrogen-bond acceptors (Lipinski definition) is 3. The van der Waals surface area contributed by atoms with Crippen molar-refractivity contribution < 1.29 is 5.11 Å². The molecule has 1 aliphatic rings. The zero-order chi connectivity index (χ0) is 8.10. The molecule has 1 saturated heterocycles. The van der Waals surface area contributed by atoms with E-state index in [1.165, 1.54) is 0 Å². The third-order valence-electron chi connectivity index (χ3n) is 1.87. The van der Waals surface area contributed by atoms with Crippen molar-refractivity contribution in [3.63, 3.8) is 0 Å². The van der Waals surface area contributed by atoms with E-state index in [2.05, 4.69) is 10.4 Å². The third-order valence-corrected chi connectivity index (χ3v) is 2.31. The molecule has 1 rings (SSSR count). The lowest BCUT2D eigenvalue weighted by atomic mass is 10.1. The van der Waals surface area contributed by atoms with E-state index < -0.39 is 0 Å². The number of hydrazine groups is 1. The zero-order valence-electron chi connectivity index (χ0n) is 6.59. The molecule has 0 aliphatic carbocycles. The lowest BCUT2D eigenvalue weighted by Crippen LogP contribution is -2.45. The molecular weight excluding hydrogens is 164 g/mol. The van der Waals surface area contributed by atoms with E-state index in [4.69, 9.17) is 16.7 Å². The van der Waals surface area contributed by atoms with Gasteiger partial charge < -0.3 is 5.11 Å². The average Bonchev–Trinajstić information content (AvgIpc) is 2.04. The van der Waals surface area contributed by atoms with Gasteiger partial charge in [-0.1, -0.05) is 0 Å². The summed E-state index contributed by atoms with van der Waals surface area (Å²) in [5.74, 6) is 0. The van der Waals surface area contributed by atoms with Crippen molar-refractivity contribution in [2.24, 2.45) is 0 Å². The van der Waals surface area contributed by atoms with Gasteiger partial charge in [-0.05, 0) is 12.8 Å². The number of aliphatic hydroxyl groups excluding tert-OH is 1. The second-order valence-electron chi connectivity index (χ2n) is 2.79. The Morgan fingerprint density at radius 3 is 2.64 bits per heavy atom. The first kappa shape index (κ1) is 9.26. The van der Waals surface area contributed by atoms with Crippen LogP contribution in [0.15, 0.2) is 0 Å². The summed E-state index contributed by atoms with van der Waals surface area (Å²) in [6.07, 6.45) is 2.08. The Bertz CT molecular complexity index is 102. The van der Waals surface area contributed by atoms with E-state index in [1.807, 2.05) is 0 Å². The molecule has 0 radical (unpaired) electrons. The molecule has 0 saturated carbocycles. The summed E-state index contributed by atoms with van der Waals surface area (Å²) in [4.78, 5) is 0. The van der Waals surface area contributed by atoms with Crippen LogP contribution in [-0.4, -0.2) is 41.7 Å². The van der Waals surface area contributed by atoms with Crippen LogP contribution in [-0.2, 0) is 0 Å². The highest BCUT2D eigenvalue weighted by Gasteiger charge is 2.15.